The van der Waals surface area contributed by atoms with Crippen molar-refractivity contribution in [3.05, 3.63) is 34.0 Å². The number of nitrogens with zero attached hydrogens (tertiary/aromatic N) is 3. The summed E-state index contributed by atoms with van der Waals surface area (Å²) in [5.74, 6) is 0.680. The molecule has 0 aliphatic heterocycles. The Morgan fingerprint density at radius 3 is 2.62 bits per heavy atom. The highest BCUT2D eigenvalue weighted by molar-refractivity contribution is 7.09. The number of aryl methyl sites for hydroxylation is 2. The van der Waals surface area contributed by atoms with Gasteiger partial charge in [-0.15, -0.1) is 11.3 Å². The maximum atomic E-state index is 4.39. The summed E-state index contributed by atoms with van der Waals surface area (Å²) < 4.78 is 0. The monoisotopic (exact) mass is 234 g/mol. The summed E-state index contributed by atoms with van der Waals surface area (Å²) in [6.45, 7) is 4.80. The number of rotatable bonds is 4. The summed E-state index contributed by atoms with van der Waals surface area (Å²) in [6, 6.07) is 0. The molecule has 0 fully saturated rings. The van der Waals surface area contributed by atoms with Crippen molar-refractivity contribution in [1.29, 1.82) is 0 Å². The fourth-order valence-corrected chi connectivity index (χ4v) is 2.06. The average molecular weight is 234 g/mol. The minimum Gasteiger partial charge on any atom is -0.354 e. The zero-order valence-electron chi connectivity index (χ0n) is 9.40. The number of hydrogen-bond acceptors (Lipinski definition) is 5. The highest BCUT2D eigenvalue weighted by atomic mass is 32.1. The van der Waals surface area contributed by atoms with Gasteiger partial charge in [0.25, 0.3) is 0 Å². The van der Waals surface area contributed by atoms with Gasteiger partial charge in [-0.2, -0.15) is 0 Å². The summed E-state index contributed by atoms with van der Waals surface area (Å²) in [7, 11) is 0. The van der Waals surface area contributed by atoms with Crippen molar-refractivity contribution in [2.75, 3.05) is 11.9 Å². The third-order valence-corrected chi connectivity index (χ3v) is 3.10. The van der Waals surface area contributed by atoms with Crippen LogP contribution in [0.3, 0.4) is 0 Å². The van der Waals surface area contributed by atoms with E-state index in [0.29, 0.717) is 5.95 Å². The van der Waals surface area contributed by atoms with Crippen molar-refractivity contribution in [3.63, 3.8) is 0 Å². The van der Waals surface area contributed by atoms with Gasteiger partial charge in [-0.3, -0.25) is 0 Å². The summed E-state index contributed by atoms with van der Waals surface area (Å²) >= 11 is 1.70. The lowest BCUT2D eigenvalue weighted by molar-refractivity contribution is 0.959. The quantitative estimate of drug-likeness (QED) is 0.881. The van der Waals surface area contributed by atoms with Gasteiger partial charge < -0.3 is 5.32 Å². The van der Waals surface area contributed by atoms with E-state index in [1.165, 1.54) is 0 Å². The molecule has 2 rings (SSSR count). The van der Waals surface area contributed by atoms with Crippen LogP contribution in [-0.4, -0.2) is 21.5 Å². The second-order valence-corrected chi connectivity index (χ2v) is 4.59. The molecular weight excluding hydrogens is 220 g/mol. The van der Waals surface area contributed by atoms with E-state index in [1.807, 2.05) is 26.2 Å². The lowest BCUT2D eigenvalue weighted by Crippen LogP contribution is -2.07. The van der Waals surface area contributed by atoms with Crippen LogP contribution in [0.1, 0.15) is 16.3 Å². The third kappa shape index (κ3) is 3.00. The number of hydrogen-bond donors (Lipinski definition) is 1. The first-order valence-electron chi connectivity index (χ1n) is 5.17. The Balaban J connectivity index is 1.82. The maximum Gasteiger partial charge on any atom is 0.222 e. The second-order valence-electron chi connectivity index (χ2n) is 3.64. The normalized spacial score (nSPS) is 10.4. The number of nitrogens with one attached hydrogen (secondary N) is 1. The SMILES string of the molecule is Cc1cnc(NCCc2nc(C)cs2)nc1. The Morgan fingerprint density at radius 1 is 1.25 bits per heavy atom. The van der Waals surface area contributed by atoms with Gasteiger partial charge in [0.2, 0.25) is 5.95 Å². The Hall–Kier alpha value is -1.49. The van der Waals surface area contributed by atoms with Gasteiger partial charge in [-0.05, 0) is 19.4 Å². The van der Waals surface area contributed by atoms with Crippen LogP contribution in [0, 0.1) is 13.8 Å². The first-order valence-corrected chi connectivity index (χ1v) is 6.05. The predicted octanol–water partition coefficient (Wildman–Crippen LogP) is 2.20. The van der Waals surface area contributed by atoms with E-state index in [9.17, 15) is 0 Å². The van der Waals surface area contributed by atoms with Crippen LogP contribution in [0.4, 0.5) is 5.95 Å². The molecule has 0 aliphatic carbocycles. The van der Waals surface area contributed by atoms with Crippen LogP contribution < -0.4 is 5.32 Å². The van der Waals surface area contributed by atoms with E-state index in [4.69, 9.17) is 0 Å². The van der Waals surface area contributed by atoms with Gasteiger partial charge in [-0.25, -0.2) is 15.0 Å². The van der Waals surface area contributed by atoms with Crippen molar-refractivity contribution >= 4 is 17.3 Å². The summed E-state index contributed by atoms with van der Waals surface area (Å²) in [6.07, 6.45) is 4.53. The number of anilines is 1. The number of thiazole rings is 1. The lowest BCUT2D eigenvalue weighted by atomic mass is 10.4. The predicted molar refractivity (Wildman–Crippen MR) is 65.8 cm³/mol. The van der Waals surface area contributed by atoms with Crippen LogP contribution in [-0.2, 0) is 6.42 Å². The Kier molecular flexibility index (Phi) is 3.46. The molecule has 0 atom stereocenters. The van der Waals surface area contributed by atoms with E-state index in [0.717, 1.165) is 29.2 Å². The molecule has 84 valence electrons. The van der Waals surface area contributed by atoms with Crippen molar-refractivity contribution in [1.82, 2.24) is 15.0 Å². The minimum atomic E-state index is 0.680. The minimum absolute atomic E-state index is 0.680. The molecule has 0 amide bonds. The van der Waals surface area contributed by atoms with Crippen molar-refractivity contribution in [3.8, 4) is 0 Å². The molecule has 2 heterocycles. The molecule has 2 aromatic heterocycles. The van der Waals surface area contributed by atoms with E-state index < -0.39 is 0 Å². The first-order chi connectivity index (χ1) is 7.74. The highest BCUT2D eigenvalue weighted by Gasteiger charge is 1.99. The van der Waals surface area contributed by atoms with Crippen molar-refractivity contribution in [2.24, 2.45) is 0 Å². The molecule has 4 nitrogen and oxygen atoms in total. The smallest absolute Gasteiger partial charge is 0.222 e. The molecule has 0 bridgehead atoms. The summed E-state index contributed by atoms with van der Waals surface area (Å²) in [5, 5.41) is 6.39. The van der Waals surface area contributed by atoms with Crippen LogP contribution >= 0.6 is 11.3 Å². The molecule has 0 saturated carbocycles. The largest absolute Gasteiger partial charge is 0.354 e. The molecule has 16 heavy (non-hydrogen) atoms. The van der Waals surface area contributed by atoms with Gasteiger partial charge in [0, 0.05) is 36.4 Å². The van der Waals surface area contributed by atoms with Crippen LogP contribution in [0.2, 0.25) is 0 Å². The molecule has 0 saturated heterocycles. The summed E-state index contributed by atoms with van der Waals surface area (Å²) in [4.78, 5) is 12.7. The molecule has 0 aliphatic rings. The van der Waals surface area contributed by atoms with E-state index >= 15 is 0 Å². The first kappa shape index (κ1) is 11.0. The second kappa shape index (κ2) is 5.03. The average Bonchev–Trinajstić information content (AvgIpc) is 2.67. The van der Waals surface area contributed by atoms with Crippen molar-refractivity contribution in [2.45, 2.75) is 20.3 Å². The molecule has 0 aromatic carbocycles. The fraction of sp³-hybridized carbons (Fsp3) is 0.364. The van der Waals surface area contributed by atoms with Gasteiger partial charge in [0.1, 0.15) is 0 Å². The van der Waals surface area contributed by atoms with Crippen LogP contribution in [0.15, 0.2) is 17.8 Å². The number of aromatic nitrogens is 3. The molecular formula is C11H14N4S. The van der Waals surface area contributed by atoms with Gasteiger partial charge in [0.15, 0.2) is 0 Å². The van der Waals surface area contributed by atoms with Gasteiger partial charge >= 0.3 is 0 Å². The Bertz CT molecular complexity index is 449. The molecule has 0 unspecified atom stereocenters. The van der Waals surface area contributed by atoms with E-state index in [2.05, 4.69) is 25.6 Å². The Labute approximate surface area is 98.8 Å². The van der Waals surface area contributed by atoms with Crippen LogP contribution in [0.25, 0.3) is 0 Å². The molecule has 5 heteroatoms. The van der Waals surface area contributed by atoms with Gasteiger partial charge in [0.05, 0.1) is 5.01 Å². The standard InChI is InChI=1S/C11H14N4S/c1-8-5-13-11(14-6-8)12-4-3-10-15-9(2)7-16-10/h5-7H,3-4H2,1-2H3,(H,12,13,14). The van der Waals surface area contributed by atoms with E-state index in [1.54, 1.807) is 11.3 Å². The Morgan fingerprint density at radius 2 is 2.00 bits per heavy atom. The van der Waals surface area contributed by atoms with E-state index in [-0.39, 0.29) is 0 Å². The fourth-order valence-electron chi connectivity index (χ4n) is 1.28. The van der Waals surface area contributed by atoms with Crippen molar-refractivity contribution < 1.29 is 0 Å². The molecule has 1 N–H and O–H groups in total. The van der Waals surface area contributed by atoms with Gasteiger partial charge in [-0.1, -0.05) is 0 Å². The zero-order valence-corrected chi connectivity index (χ0v) is 10.2. The lowest BCUT2D eigenvalue weighted by Gasteiger charge is -2.02. The molecule has 0 radical (unpaired) electrons. The maximum absolute atomic E-state index is 4.39. The topological polar surface area (TPSA) is 50.7 Å². The highest BCUT2D eigenvalue weighted by Crippen LogP contribution is 2.09. The molecule has 0 spiro atoms. The zero-order chi connectivity index (χ0) is 11.4. The van der Waals surface area contributed by atoms with Crippen LogP contribution in [0.5, 0.6) is 0 Å². The molecule has 2 aromatic rings. The third-order valence-electron chi connectivity index (χ3n) is 2.07. The summed E-state index contributed by atoms with van der Waals surface area (Å²) in [5.41, 5.74) is 2.16.